The monoisotopic (exact) mass is 538 g/mol. The first-order valence-electron chi connectivity index (χ1n) is 13.2. The van der Waals surface area contributed by atoms with Gasteiger partial charge in [0.15, 0.2) is 0 Å². The largest absolute Gasteiger partial charge is 0.367 e. The Labute approximate surface area is 227 Å². The number of anilines is 1. The molecule has 7 nitrogen and oxygen atoms in total. The van der Waals surface area contributed by atoms with Crippen molar-refractivity contribution >= 4 is 29.0 Å². The molecule has 3 aromatic rings. The summed E-state index contributed by atoms with van der Waals surface area (Å²) in [7, 11) is 0. The summed E-state index contributed by atoms with van der Waals surface area (Å²) in [4.78, 5) is 31.2. The van der Waals surface area contributed by atoms with E-state index in [1.54, 1.807) is 23.5 Å². The van der Waals surface area contributed by atoms with Crippen molar-refractivity contribution < 1.29 is 18.7 Å². The summed E-state index contributed by atoms with van der Waals surface area (Å²) in [6.07, 6.45) is 5.75. The molecule has 1 aliphatic heterocycles. The van der Waals surface area contributed by atoms with Crippen LogP contribution in [0.25, 0.3) is 0 Å². The zero-order valence-electron chi connectivity index (χ0n) is 21.5. The van der Waals surface area contributed by atoms with Crippen molar-refractivity contribution in [3.63, 3.8) is 0 Å². The van der Waals surface area contributed by atoms with E-state index in [9.17, 15) is 14.0 Å². The molecule has 0 atom stereocenters. The van der Waals surface area contributed by atoms with E-state index in [1.165, 1.54) is 17.1 Å². The summed E-state index contributed by atoms with van der Waals surface area (Å²) in [5.74, 6) is -0.0146. The Morgan fingerprint density at radius 1 is 1.03 bits per heavy atom. The van der Waals surface area contributed by atoms with E-state index in [-0.39, 0.29) is 31.0 Å². The normalized spacial score (nSPS) is 13.9. The highest BCUT2D eigenvalue weighted by molar-refractivity contribution is 7.09. The topological polar surface area (TPSA) is 83.6 Å². The van der Waals surface area contributed by atoms with E-state index in [4.69, 9.17) is 9.72 Å². The number of unbranched alkanes of at least 4 members (excludes halogenated alkanes) is 2. The standard InChI is InChI=1S/C29H35FN4O3S/c30-24-12-10-22(11-13-24)19-37-20-27(35)31-16-6-2-5-9-26-21-38-28(32-26)23-14-17-34(18-15-23)29(36)33-25-7-3-1-4-8-25/h1,3-4,7-8,10-13,21,23H,2,5-6,9,14-20H2,(H,31,35)(H,33,36). The second-order valence-corrected chi connectivity index (χ2v) is 10.4. The van der Waals surface area contributed by atoms with E-state index in [0.29, 0.717) is 12.5 Å². The summed E-state index contributed by atoms with van der Waals surface area (Å²) in [6, 6.07) is 15.6. The minimum absolute atomic E-state index is 0.00436. The van der Waals surface area contributed by atoms with Gasteiger partial charge in [-0.2, -0.15) is 0 Å². The highest BCUT2D eigenvalue weighted by atomic mass is 32.1. The van der Waals surface area contributed by atoms with Crippen LogP contribution in [0.2, 0.25) is 0 Å². The van der Waals surface area contributed by atoms with E-state index in [2.05, 4.69) is 16.0 Å². The number of thiazole rings is 1. The lowest BCUT2D eigenvalue weighted by Gasteiger charge is -2.31. The van der Waals surface area contributed by atoms with Gasteiger partial charge in [-0.15, -0.1) is 11.3 Å². The van der Waals surface area contributed by atoms with Crippen molar-refractivity contribution in [1.29, 1.82) is 0 Å². The predicted molar refractivity (Wildman–Crippen MR) is 148 cm³/mol. The van der Waals surface area contributed by atoms with Crippen LogP contribution in [0.1, 0.15) is 54.3 Å². The highest BCUT2D eigenvalue weighted by Gasteiger charge is 2.25. The van der Waals surface area contributed by atoms with Crippen LogP contribution in [0.5, 0.6) is 0 Å². The summed E-state index contributed by atoms with van der Waals surface area (Å²) in [6.45, 7) is 2.38. The van der Waals surface area contributed by atoms with Gasteiger partial charge in [-0.25, -0.2) is 14.2 Å². The van der Waals surface area contributed by atoms with Crippen LogP contribution in [-0.2, 0) is 22.6 Å². The van der Waals surface area contributed by atoms with Crippen LogP contribution < -0.4 is 10.6 Å². The quantitative estimate of drug-likeness (QED) is 0.288. The first kappa shape index (κ1) is 27.7. The van der Waals surface area contributed by atoms with Crippen LogP contribution in [-0.4, -0.2) is 48.1 Å². The molecule has 3 amide bonds. The molecule has 38 heavy (non-hydrogen) atoms. The number of urea groups is 1. The first-order chi connectivity index (χ1) is 18.6. The Bertz CT molecular complexity index is 1150. The molecule has 0 saturated carbocycles. The van der Waals surface area contributed by atoms with Gasteiger partial charge in [-0.05, 0) is 61.9 Å². The third kappa shape index (κ3) is 8.92. The molecule has 1 fully saturated rings. The fourth-order valence-electron chi connectivity index (χ4n) is 4.41. The molecule has 9 heteroatoms. The van der Waals surface area contributed by atoms with E-state index in [1.807, 2.05) is 35.2 Å². The molecular formula is C29H35FN4O3S. The van der Waals surface area contributed by atoms with Gasteiger partial charge in [0.1, 0.15) is 12.4 Å². The Balaban J connectivity index is 1.05. The number of amides is 3. The van der Waals surface area contributed by atoms with Crippen molar-refractivity contribution in [3.05, 3.63) is 82.1 Å². The lowest BCUT2D eigenvalue weighted by atomic mass is 9.98. The fraction of sp³-hybridized carbons (Fsp3) is 0.414. The summed E-state index contributed by atoms with van der Waals surface area (Å²) >= 11 is 1.73. The molecule has 2 N–H and O–H groups in total. The maximum absolute atomic E-state index is 12.9. The zero-order valence-corrected chi connectivity index (χ0v) is 22.4. The van der Waals surface area contributed by atoms with Gasteiger partial charge in [0.05, 0.1) is 17.3 Å². The second-order valence-electron chi connectivity index (χ2n) is 9.51. The van der Waals surface area contributed by atoms with Crippen LogP contribution in [0.15, 0.2) is 60.0 Å². The van der Waals surface area contributed by atoms with Gasteiger partial charge in [0, 0.05) is 36.6 Å². The van der Waals surface area contributed by atoms with E-state index in [0.717, 1.165) is 68.6 Å². The maximum Gasteiger partial charge on any atom is 0.321 e. The first-order valence-corrected chi connectivity index (χ1v) is 14.1. The number of likely N-dealkylation sites (tertiary alicyclic amines) is 1. The van der Waals surface area contributed by atoms with Crippen LogP contribution in [0, 0.1) is 5.82 Å². The Morgan fingerprint density at radius 3 is 2.55 bits per heavy atom. The number of carbonyl (C=O) groups excluding carboxylic acids is 2. The molecule has 1 saturated heterocycles. The predicted octanol–water partition coefficient (Wildman–Crippen LogP) is 5.74. The number of nitrogens with one attached hydrogen (secondary N) is 2. The highest BCUT2D eigenvalue weighted by Crippen LogP contribution is 2.31. The summed E-state index contributed by atoms with van der Waals surface area (Å²) < 4.78 is 18.3. The fourth-order valence-corrected chi connectivity index (χ4v) is 5.43. The Kier molecular flexibility index (Phi) is 10.6. The minimum Gasteiger partial charge on any atom is -0.367 e. The molecule has 2 heterocycles. The van der Waals surface area contributed by atoms with Crippen LogP contribution in [0.3, 0.4) is 0 Å². The maximum atomic E-state index is 12.9. The number of hydrogen-bond acceptors (Lipinski definition) is 5. The number of benzene rings is 2. The third-order valence-corrected chi connectivity index (χ3v) is 7.63. The second kappa shape index (κ2) is 14.6. The molecule has 0 spiro atoms. The van der Waals surface area contributed by atoms with Crippen LogP contribution >= 0.6 is 11.3 Å². The number of nitrogens with zero attached hydrogens (tertiary/aromatic N) is 2. The lowest BCUT2D eigenvalue weighted by molar-refractivity contribution is -0.126. The third-order valence-electron chi connectivity index (χ3n) is 6.57. The number of piperidine rings is 1. The number of rotatable bonds is 12. The molecule has 1 aromatic heterocycles. The molecule has 0 radical (unpaired) electrons. The number of aryl methyl sites for hydroxylation is 1. The van der Waals surface area contributed by atoms with Gasteiger partial charge in [-0.3, -0.25) is 4.79 Å². The average molecular weight is 539 g/mol. The molecule has 2 aromatic carbocycles. The number of halogens is 1. The van der Waals surface area contributed by atoms with Gasteiger partial charge < -0.3 is 20.3 Å². The van der Waals surface area contributed by atoms with E-state index < -0.39 is 0 Å². The van der Waals surface area contributed by atoms with Gasteiger partial charge in [0.2, 0.25) is 5.91 Å². The number of hydrogen-bond donors (Lipinski definition) is 2. The molecule has 0 unspecified atom stereocenters. The Morgan fingerprint density at radius 2 is 1.79 bits per heavy atom. The number of para-hydroxylation sites is 1. The van der Waals surface area contributed by atoms with Gasteiger partial charge >= 0.3 is 6.03 Å². The van der Waals surface area contributed by atoms with Crippen molar-refractivity contribution in [2.75, 3.05) is 31.6 Å². The van der Waals surface area contributed by atoms with Crippen LogP contribution in [0.4, 0.5) is 14.9 Å². The smallest absolute Gasteiger partial charge is 0.321 e. The minimum atomic E-state index is -0.288. The molecular weight excluding hydrogens is 503 g/mol. The SMILES string of the molecule is O=C(COCc1ccc(F)cc1)NCCCCCc1csc(C2CCN(C(=O)Nc3ccccc3)CC2)n1. The zero-order chi connectivity index (χ0) is 26.6. The van der Waals surface area contributed by atoms with Gasteiger partial charge in [0.25, 0.3) is 0 Å². The molecule has 1 aliphatic rings. The van der Waals surface area contributed by atoms with Crippen molar-refractivity contribution in [3.8, 4) is 0 Å². The molecule has 4 rings (SSSR count). The molecule has 0 aliphatic carbocycles. The molecule has 202 valence electrons. The number of carbonyl (C=O) groups is 2. The van der Waals surface area contributed by atoms with E-state index >= 15 is 0 Å². The lowest BCUT2D eigenvalue weighted by Crippen LogP contribution is -2.40. The summed E-state index contributed by atoms with van der Waals surface area (Å²) in [5.41, 5.74) is 2.78. The number of ether oxygens (including phenoxy) is 1. The summed E-state index contributed by atoms with van der Waals surface area (Å²) in [5, 5.41) is 9.18. The van der Waals surface area contributed by atoms with Gasteiger partial charge in [-0.1, -0.05) is 36.8 Å². The number of aromatic nitrogens is 1. The van der Waals surface area contributed by atoms with Crippen molar-refractivity contribution in [2.45, 2.75) is 51.0 Å². The average Bonchev–Trinajstić information content (AvgIpc) is 3.41. The Hall–Kier alpha value is -3.30. The van der Waals surface area contributed by atoms with Crippen molar-refractivity contribution in [2.24, 2.45) is 0 Å². The molecule has 0 bridgehead atoms. The van der Waals surface area contributed by atoms with Crippen molar-refractivity contribution in [1.82, 2.24) is 15.2 Å².